The Kier molecular flexibility index (Phi) is 4.48. The largest absolute Gasteiger partial charge is 0.396 e. The summed E-state index contributed by atoms with van der Waals surface area (Å²) in [5.74, 6) is 0. The summed E-state index contributed by atoms with van der Waals surface area (Å²) >= 11 is 12.1. The standard InChI is InChI=1S/C13H19Cl2NO/c1-12(2,16)13(3,6-7-17)10-5-4-9(14)8-11(10)15/h4-5,8,17H,6-7,16H2,1-3H3. The summed E-state index contributed by atoms with van der Waals surface area (Å²) in [5.41, 5.74) is 6.27. The monoisotopic (exact) mass is 275 g/mol. The van der Waals surface area contributed by atoms with E-state index in [-0.39, 0.29) is 6.61 Å². The van der Waals surface area contributed by atoms with Crippen LogP contribution in [0, 0.1) is 0 Å². The van der Waals surface area contributed by atoms with Crippen LogP contribution in [0.4, 0.5) is 0 Å². The summed E-state index contributed by atoms with van der Waals surface area (Å²) in [6, 6.07) is 5.39. The molecule has 0 aliphatic rings. The van der Waals surface area contributed by atoms with Gasteiger partial charge in [0, 0.05) is 27.6 Å². The van der Waals surface area contributed by atoms with Crippen LogP contribution in [-0.4, -0.2) is 17.3 Å². The summed E-state index contributed by atoms with van der Waals surface area (Å²) in [6.45, 7) is 5.95. The van der Waals surface area contributed by atoms with Crippen LogP contribution in [0.15, 0.2) is 18.2 Å². The van der Waals surface area contributed by atoms with Gasteiger partial charge in [0.2, 0.25) is 0 Å². The van der Waals surface area contributed by atoms with E-state index in [9.17, 15) is 5.11 Å². The molecule has 0 aliphatic heterocycles. The number of aliphatic hydroxyl groups excluding tert-OH is 1. The third kappa shape index (κ3) is 2.94. The molecule has 1 aromatic rings. The van der Waals surface area contributed by atoms with Crippen molar-refractivity contribution in [1.82, 2.24) is 0 Å². The van der Waals surface area contributed by atoms with Crippen molar-refractivity contribution in [1.29, 1.82) is 0 Å². The molecular weight excluding hydrogens is 257 g/mol. The van der Waals surface area contributed by atoms with Crippen LogP contribution < -0.4 is 5.73 Å². The number of rotatable bonds is 4. The first-order chi connectivity index (χ1) is 7.72. The molecule has 0 aliphatic carbocycles. The lowest BCUT2D eigenvalue weighted by Crippen LogP contribution is -2.52. The fraction of sp³-hybridized carbons (Fsp3) is 0.538. The van der Waals surface area contributed by atoms with Crippen LogP contribution >= 0.6 is 23.2 Å². The highest BCUT2D eigenvalue weighted by molar-refractivity contribution is 6.35. The third-order valence-electron chi connectivity index (χ3n) is 3.56. The molecule has 96 valence electrons. The van der Waals surface area contributed by atoms with Gasteiger partial charge >= 0.3 is 0 Å². The Labute approximate surface area is 113 Å². The molecule has 3 N–H and O–H groups in total. The molecule has 1 rings (SSSR count). The Bertz CT molecular complexity index is 401. The fourth-order valence-corrected chi connectivity index (χ4v) is 2.58. The molecule has 0 aromatic heterocycles. The van der Waals surface area contributed by atoms with Gasteiger partial charge in [0.25, 0.3) is 0 Å². The van der Waals surface area contributed by atoms with Crippen molar-refractivity contribution in [3.05, 3.63) is 33.8 Å². The zero-order chi connectivity index (χ0) is 13.3. The van der Waals surface area contributed by atoms with E-state index in [2.05, 4.69) is 0 Å². The Morgan fingerprint density at radius 1 is 1.24 bits per heavy atom. The highest BCUT2D eigenvalue weighted by Crippen LogP contribution is 2.40. The lowest BCUT2D eigenvalue weighted by atomic mass is 9.67. The van der Waals surface area contributed by atoms with Gasteiger partial charge in [-0.2, -0.15) is 0 Å². The first-order valence-corrected chi connectivity index (χ1v) is 6.33. The van der Waals surface area contributed by atoms with E-state index in [0.717, 1.165) is 5.56 Å². The Balaban J connectivity index is 3.32. The molecule has 1 unspecified atom stereocenters. The van der Waals surface area contributed by atoms with E-state index >= 15 is 0 Å². The van der Waals surface area contributed by atoms with Gasteiger partial charge < -0.3 is 10.8 Å². The molecule has 1 atom stereocenters. The molecule has 0 saturated carbocycles. The van der Waals surface area contributed by atoms with Gasteiger partial charge in [-0.05, 0) is 38.0 Å². The summed E-state index contributed by atoms with van der Waals surface area (Å²) in [6.07, 6.45) is 0.553. The van der Waals surface area contributed by atoms with E-state index in [1.807, 2.05) is 26.8 Å². The van der Waals surface area contributed by atoms with E-state index in [1.54, 1.807) is 12.1 Å². The molecule has 0 fully saturated rings. The molecule has 0 bridgehead atoms. The van der Waals surface area contributed by atoms with E-state index < -0.39 is 11.0 Å². The normalized spacial score (nSPS) is 15.7. The maximum absolute atomic E-state index is 9.25. The third-order valence-corrected chi connectivity index (χ3v) is 4.11. The smallest absolute Gasteiger partial charge is 0.0459 e. The van der Waals surface area contributed by atoms with Gasteiger partial charge in [-0.25, -0.2) is 0 Å². The molecule has 4 heteroatoms. The lowest BCUT2D eigenvalue weighted by Gasteiger charge is -2.42. The minimum absolute atomic E-state index is 0.0656. The fourth-order valence-electron chi connectivity index (χ4n) is 1.96. The molecule has 17 heavy (non-hydrogen) atoms. The first-order valence-electron chi connectivity index (χ1n) is 5.57. The maximum atomic E-state index is 9.25. The number of hydrogen-bond donors (Lipinski definition) is 2. The van der Waals surface area contributed by atoms with E-state index in [0.29, 0.717) is 16.5 Å². The van der Waals surface area contributed by atoms with E-state index in [4.69, 9.17) is 28.9 Å². The van der Waals surface area contributed by atoms with Crippen molar-refractivity contribution in [2.24, 2.45) is 5.73 Å². The van der Waals surface area contributed by atoms with Crippen LogP contribution in [0.5, 0.6) is 0 Å². The second-order valence-electron chi connectivity index (χ2n) is 5.15. The Hall–Kier alpha value is -0.280. The first kappa shape index (κ1) is 14.8. The molecule has 0 heterocycles. The highest BCUT2D eigenvalue weighted by atomic mass is 35.5. The van der Waals surface area contributed by atoms with Crippen molar-refractivity contribution in [3.8, 4) is 0 Å². The summed E-state index contributed by atoms with van der Waals surface area (Å²) < 4.78 is 0. The summed E-state index contributed by atoms with van der Waals surface area (Å²) in [4.78, 5) is 0. The SMILES string of the molecule is CC(C)(N)C(C)(CCO)c1ccc(Cl)cc1Cl. The highest BCUT2D eigenvalue weighted by Gasteiger charge is 2.40. The Morgan fingerprint density at radius 2 is 1.82 bits per heavy atom. The van der Waals surface area contributed by atoms with Gasteiger partial charge in [-0.1, -0.05) is 36.2 Å². The van der Waals surface area contributed by atoms with Crippen molar-refractivity contribution in [3.63, 3.8) is 0 Å². The number of aliphatic hydroxyl groups is 1. The quantitative estimate of drug-likeness (QED) is 0.885. The maximum Gasteiger partial charge on any atom is 0.0459 e. The predicted octanol–water partition coefficient (Wildman–Crippen LogP) is 3.37. The average Bonchev–Trinajstić information content (AvgIpc) is 2.15. The predicted molar refractivity (Wildman–Crippen MR) is 73.8 cm³/mol. The lowest BCUT2D eigenvalue weighted by molar-refractivity contribution is 0.190. The molecule has 0 radical (unpaired) electrons. The number of hydrogen-bond acceptors (Lipinski definition) is 2. The van der Waals surface area contributed by atoms with Crippen LogP contribution in [-0.2, 0) is 5.41 Å². The van der Waals surface area contributed by atoms with Gasteiger partial charge in [-0.15, -0.1) is 0 Å². The van der Waals surface area contributed by atoms with Crippen molar-refractivity contribution in [2.75, 3.05) is 6.61 Å². The van der Waals surface area contributed by atoms with Crippen LogP contribution in [0.25, 0.3) is 0 Å². The molecule has 0 amide bonds. The zero-order valence-corrected chi connectivity index (χ0v) is 11.9. The van der Waals surface area contributed by atoms with Gasteiger partial charge in [0.15, 0.2) is 0 Å². The zero-order valence-electron chi connectivity index (χ0n) is 10.4. The van der Waals surface area contributed by atoms with Crippen LogP contribution in [0.2, 0.25) is 10.0 Å². The van der Waals surface area contributed by atoms with Crippen molar-refractivity contribution >= 4 is 23.2 Å². The van der Waals surface area contributed by atoms with Gasteiger partial charge in [0.05, 0.1) is 0 Å². The minimum Gasteiger partial charge on any atom is -0.396 e. The number of benzene rings is 1. The van der Waals surface area contributed by atoms with Crippen LogP contribution in [0.1, 0.15) is 32.8 Å². The molecule has 1 aromatic carbocycles. The Morgan fingerprint density at radius 3 is 2.24 bits per heavy atom. The second-order valence-corrected chi connectivity index (χ2v) is 6.00. The topological polar surface area (TPSA) is 46.2 Å². The molecule has 2 nitrogen and oxygen atoms in total. The van der Waals surface area contributed by atoms with Gasteiger partial charge in [0.1, 0.15) is 0 Å². The number of halogens is 2. The summed E-state index contributed by atoms with van der Waals surface area (Å²) in [7, 11) is 0. The molecule has 0 saturated heterocycles. The minimum atomic E-state index is -0.493. The molecular formula is C13H19Cl2NO. The number of nitrogens with two attached hydrogens (primary N) is 1. The van der Waals surface area contributed by atoms with E-state index in [1.165, 1.54) is 0 Å². The van der Waals surface area contributed by atoms with Crippen molar-refractivity contribution < 1.29 is 5.11 Å². The second kappa shape index (κ2) is 5.15. The van der Waals surface area contributed by atoms with Crippen molar-refractivity contribution in [2.45, 2.75) is 38.1 Å². The summed E-state index contributed by atoms with van der Waals surface area (Å²) in [5, 5.41) is 10.4. The average molecular weight is 276 g/mol. The molecule has 0 spiro atoms. The van der Waals surface area contributed by atoms with Gasteiger partial charge in [-0.3, -0.25) is 0 Å². The van der Waals surface area contributed by atoms with Crippen LogP contribution in [0.3, 0.4) is 0 Å².